The Bertz CT molecular complexity index is 455. The zero-order valence-electron chi connectivity index (χ0n) is 8.07. The summed E-state index contributed by atoms with van der Waals surface area (Å²) in [5, 5.41) is 3.31. The van der Waals surface area contributed by atoms with Crippen LogP contribution in [-0.4, -0.2) is 13.7 Å². The number of nitrogens with zero attached hydrogens (tertiary/aromatic N) is 3. The van der Waals surface area contributed by atoms with E-state index in [4.69, 9.17) is 10.3 Å². The predicted molar refractivity (Wildman–Crippen MR) is 61.6 cm³/mol. The van der Waals surface area contributed by atoms with Crippen molar-refractivity contribution in [3.63, 3.8) is 0 Å². The molecule has 1 rings (SSSR count). The van der Waals surface area contributed by atoms with E-state index < -0.39 is 0 Å². The third kappa shape index (κ3) is 3.55. The lowest BCUT2D eigenvalue weighted by molar-refractivity contribution is 0.412. The summed E-state index contributed by atoms with van der Waals surface area (Å²) < 4.78 is 6.00. The predicted octanol–water partition coefficient (Wildman–Crippen LogP) is 3.12. The molecule has 0 aliphatic heterocycles. The van der Waals surface area contributed by atoms with Crippen molar-refractivity contribution >= 4 is 15.9 Å². The highest BCUT2D eigenvalue weighted by Gasteiger charge is 1.98. The number of methoxy groups -OCH3 is 1. The summed E-state index contributed by atoms with van der Waals surface area (Å²) >= 11 is 3.34. The Morgan fingerprint density at radius 1 is 1.60 bits per heavy atom. The molecule has 5 heteroatoms. The van der Waals surface area contributed by atoms with Gasteiger partial charge in [-0.2, -0.15) is 0 Å². The molecular weight excluding hydrogens is 258 g/mol. The Kier molecular flexibility index (Phi) is 4.55. The molecule has 0 fully saturated rings. The molecule has 0 unspecified atom stereocenters. The van der Waals surface area contributed by atoms with E-state index >= 15 is 0 Å². The first-order valence-corrected chi connectivity index (χ1v) is 4.90. The van der Waals surface area contributed by atoms with E-state index in [1.165, 1.54) is 0 Å². The van der Waals surface area contributed by atoms with Crippen LogP contribution in [0, 0.1) is 11.8 Å². The maximum Gasteiger partial charge on any atom is 0.134 e. The summed E-state index contributed by atoms with van der Waals surface area (Å²) in [6, 6.07) is 5.53. The van der Waals surface area contributed by atoms with Gasteiger partial charge in [0.25, 0.3) is 0 Å². The molecule has 0 saturated heterocycles. The highest BCUT2D eigenvalue weighted by Crippen LogP contribution is 2.25. The largest absolute Gasteiger partial charge is 0.496 e. The number of hydrogen-bond acceptors (Lipinski definition) is 2. The summed E-state index contributed by atoms with van der Waals surface area (Å²) in [5.41, 5.74) is 8.87. The fourth-order valence-corrected chi connectivity index (χ4v) is 1.35. The number of halogens is 1. The number of ether oxygens (including phenoxy) is 1. The van der Waals surface area contributed by atoms with Gasteiger partial charge in [0.1, 0.15) is 5.75 Å². The van der Waals surface area contributed by atoms with Crippen molar-refractivity contribution < 1.29 is 4.74 Å². The van der Waals surface area contributed by atoms with Gasteiger partial charge in [-0.15, -0.1) is 0 Å². The van der Waals surface area contributed by atoms with Crippen LogP contribution in [0.2, 0.25) is 0 Å². The van der Waals surface area contributed by atoms with Crippen molar-refractivity contribution in [1.29, 1.82) is 0 Å². The van der Waals surface area contributed by atoms with Crippen LogP contribution in [0.4, 0.5) is 0 Å². The summed E-state index contributed by atoms with van der Waals surface area (Å²) in [6.07, 6.45) is 0. The lowest BCUT2D eigenvalue weighted by Gasteiger charge is -2.02. The quantitative estimate of drug-likeness (QED) is 0.351. The Morgan fingerprint density at radius 2 is 2.40 bits per heavy atom. The molecule has 0 atom stereocenters. The van der Waals surface area contributed by atoms with Crippen LogP contribution in [0.15, 0.2) is 27.8 Å². The van der Waals surface area contributed by atoms with Gasteiger partial charge in [0.2, 0.25) is 0 Å². The molecule has 1 aromatic rings. The molecule has 76 valence electrons. The number of azide groups is 1. The van der Waals surface area contributed by atoms with E-state index in [0.29, 0.717) is 0 Å². The molecule has 0 aromatic heterocycles. The van der Waals surface area contributed by atoms with E-state index in [1.54, 1.807) is 7.11 Å². The van der Waals surface area contributed by atoms with E-state index in [-0.39, 0.29) is 6.54 Å². The molecule has 0 amide bonds. The second-order valence-electron chi connectivity index (χ2n) is 2.54. The van der Waals surface area contributed by atoms with Crippen LogP contribution >= 0.6 is 15.9 Å². The van der Waals surface area contributed by atoms with Crippen LogP contribution in [0.1, 0.15) is 5.56 Å². The lowest BCUT2D eigenvalue weighted by Crippen LogP contribution is -1.85. The number of hydrogen-bond donors (Lipinski definition) is 0. The van der Waals surface area contributed by atoms with Gasteiger partial charge in [0.15, 0.2) is 0 Å². The van der Waals surface area contributed by atoms with Crippen molar-refractivity contribution in [3.05, 3.63) is 38.7 Å². The average Bonchev–Trinajstić information content (AvgIpc) is 2.26. The zero-order valence-corrected chi connectivity index (χ0v) is 9.65. The van der Waals surface area contributed by atoms with Gasteiger partial charge in [-0.05, 0) is 39.7 Å². The Morgan fingerprint density at radius 3 is 3.07 bits per heavy atom. The van der Waals surface area contributed by atoms with Crippen LogP contribution < -0.4 is 4.74 Å². The summed E-state index contributed by atoms with van der Waals surface area (Å²) in [4.78, 5) is 2.61. The first kappa shape index (κ1) is 11.4. The molecule has 15 heavy (non-hydrogen) atoms. The second-order valence-corrected chi connectivity index (χ2v) is 3.39. The van der Waals surface area contributed by atoms with Crippen molar-refractivity contribution in [3.8, 4) is 17.6 Å². The molecule has 0 heterocycles. The van der Waals surface area contributed by atoms with Gasteiger partial charge >= 0.3 is 0 Å². The molecular formula is C10H8BrN3O. The molecule has 0 saturated carbocycles. The number of benzene rings is 1. The Hall–Kier alpha value is -1.63. The van der Waals surface area contributed by atoms with E-state index in [1.807, 2.05) is 18.2 Å². The second kappa shape index (κ2) is 5.97. The van der Waals surface area contributed by atoms with Crippen LogP contribution in [0.3, 0.4) is 0 Å². The topological polar surface area (TPSA) is 58.0 Å². The third-order valence-electron chi connectivity index (χ3n) is 1.60. The minimum Gasteiger partial charge on any atom is -0.496 e. The lowest BCUT2D eigenvalue weighted by atomic mass is 10.2. The van der Waals surface area contributed by atoms with E-state index in [2.05, 4.69) is 37.8 Å². The van der Waals surface area contributed by atoms with Crippen LogP contribution in [0.5, 0.6) is 5.75 Å². The molecule has 0 radical (unpaired) electrons. The first-order valence-electron chi connectivity index (χ1n) is 4.11. The Labute approximate surface area is 96.0 Å². The van der Waals surface area contributed by atoms with Gasteiger partial charge in [0, 0.05) is 10.5 Å². The third-order valence-corrected chi connectivity index (χ3v) is 2.25. The molecule has 0 aliphatic rings. The molecule has 4 nitrogen and oxygen atoms in total. The molecule has 0 spiro atoms. The van der Waals surface area contributed by atoms with Gasteiger partial charge < -0.3 is 4.74 Å². The molecule has 0 N–H and O–H groups in total. The molecule has 0 bridgehead atoms. The highest BCUT2D eigenvalue weighted by molar-refractivity contribution is 9.10. The Balaban J connectivity index is 2.85. The highest BCUT2D eigenvalue weighted by atomic mass is 79.9. The fraction of sp³-hybridized carbons (Fsp3) is 0.200. The fourth-order valence-electron chi connectivity index (χ4n) is 0.946. The SMILES string of the molecule is COc1cc(C#CCN=[N+]=[N-])ccc1Br. The minimum atomic E-state index is 0.175. The molecule has 0 aliphatic carbocycles. The summed E-state index contributed by atoms with van der Waals surface area (Å²) in [6.45, 7) is 0.175. The number of rotatable bonds is 2. The van der Waals surface area contributed by atoms with E-state index in [0.717, 1.165) is 15.8 Å². The zero-order chi connectivity index (χ0) is 11.1. The van der Waals surface area contributed by atoms with Gasteiger partial charge in [-0.3, -0.25) is 0 Å². The van der Waals surface area contributed by atoms with Gasteiger partial charge in [0.05, 0.1) is 18.1 Å². The van der Waals surface area contributed by atoms with Gasteiger partial charge in [-0.25, -0.2) is 0 Å². The van der Waals surface area contributed by atoms with Gasteiger partial charge in [-0.1, -0.05) is 17.0 Å². The monoisotopic (exact) mass is 265 g/mol. The van der Waals surface area contributed by atoms with Crippen LogP contribution in [-0.2, 0) is 0 Å². The summed E-state index contributed by atoms with van der Waals surface area (Å²) in [7, 11) is 1.59. The standard InChI is InChI=1S/C10H8BrN3O/c1-15-10-7-8(4-5-9(10)11)3-2-6-13-14-12/h4-5,7H,6H2,1H3. The van der Waals surface area contributed by atoms with E-state index in [9.17, 15) is 0 Å². The smallest absolute Gasteiger partial charge is 0.134 e. The van der Waals surface area contributed by atoms with Crippen molar-refractivity contribution in [1.82, 2.24) is 0 Å². The van der Waals surface area contributed by atoms with Crippen LogP contribution in [0.25, 0.3) is 10.4 Å². The van der Waals surface area contributed by atoms with Crippen molar-refractivity contribution in [2.45, 2.75) is 0 Å². The normalized spacial score (nSPS) is 8.40. The summed E-state index contributed by atoms with van der Waals surface area (Å²) in [5.74, 6) is 6.33. The average molecular weight is 266 g/mol. The first-order chi connectivity index (χ1) is 7.27. The molecule has 1 aromatic carbocycles. The maximum absolute atomic E-state index is 8.05. The maximum atomic E-state index is 8.05. The minimum absolute atomic E-state index is 0.175. The van der Waals surface area contributed by atoms with Crippen molar-refractivity contribution in [2.75, 3.05) is 13.7 Å². The van der Waals surface area contributed by atoms with Crippen molar-refractivity contribution in [2.24, 2.45) is 5.11 Å².